The molecule has 0 amide bonds. The van der Waals surface area contributed by atoms with E-state index >= 15 is 0 Å². The summed E-state index contributed by atoms with van der Waals surface area (Å²) < 4.78 is 0. The van der Waals surface area contributed by atoms with Gasteiger partial charge in [0.05, 0.1) is 5.57 Å². The molecule has 3 nitrogen and oxygen atoms in total. The number of hydroxylamine groups is 2. The Bertz CT molecular complexity index is 714. The molecule has 2 aromatic carbocycles. The lowest BCUT2D eigenvalue weighted by Crippen LogP contribution is -2.41. The van der Waals surface area contributed by atoms with E-state index in [-0.39, 0.29) is 11.6 Å². The van der Waals surface area contributed by atoms with Gasteiger partial charge in [-0.2, -0.15) is 0 Å². The van der Waals surface area contributed by atoms with Gasteiger partial charge in [-0.3, -0.25) is 4.79 Å². The zero-order valence-corrected chi connectivity index (χ0v) is 13.7. The van der Waals surface area contributed by atoms with E-state index in [1.54, 1.807) is 0 Å². The fraction of sp³-hybridized carbons (Fsp3) is 0.250. The maximum atomic E-state index is 11.9. The van der Waals surface area contributed by atoms with Crippen LogP contribution in [0.25, 0.3) is 5.76 Å². The molecule has 0 aromatic heterocycles. The fourth-order valence-electron chi connectivity index (χ4n) is 2.86. The number of aldehydes is 1. The third kappa shape index (κ3) is 2.92. The summed E-state index contributed by atoms with van der Waals surface area (Å²) in [4.78, 5) is 18.0. The summed E-state index contributed by atoms with van der Waals surface area (Å²) in [6, 6.07) is 19.6. The Balaban J connectivity index is 2.14. The zero-order valence-electron chi connectivity index (χ0n) is 13.7. The lowest BCUT2D eigenvalue weighted by Gasteiger charge is -2.35. The Labute approximate surface area is 137 Å². The molecule has 0 N–H and O–H groups in total. The molecule has 23 heavy (non-hydrogen) atoms. The van der Waals surface area contributed by atoms with E-state index in [2.05, 4.69) is 20.8 Å². The van der Waals surface area contributed by atoms with Crippen molar-refractivity contribution in [3.05, 3.63) is 77.4 Å². The van der Waals surface area contributed by atoms with Crippen molar-refractivity contribution in [3.63, 3.8) is 0 Å². The molecule has 0 aliphatic carbocycles. The van der Waals surface area contributed by atoms with Gasteiger partial charge < -0.3 is 4.84 Å². The van der Waals surface area contributed by atoms with Gasteiger partial charge in [-0.25, -0.2) is 0 Å². The monoisotopic (exact) mass is 307 g/mol. The lowest BCUT2D eigenvalue weighted by molar-refractivity contribution is -0.158. The predicted molar refractivity (Wildman–Crippen MR) is 91.3 cm³/mol. The van der Waals surface area contributed by atoms with Crippen molar-refractivity contribution >= 4 is 12.0 Å². The maximum absolute atomic E-state index is 11.9. The summed E-state index contributed by atoms with van der Waals surface area (Å²) in [6.45, 7) is 6.25. The molecule has 1 atom stereocenters. The van der Waals surface area contributed by atoms with Gasteiger partial charge in [0, 0.05) is 11.1 Å². The molecular formula is C20H21NO2. The highest BCUT2D eigenvalue weighted by molar-refractivity contribution is 5.88. The summed E-state index contributed by atoms with van der Waals surface area (Å²) in [6.07, 6.45) is 0.922. The van der Waals surface area contributed by atoms with Crippen molar-refractivity contribution in [3.8, 4) is 0 Å². The van der Waals surface area contributed by atoms with Gasteiger partial charge in [0.15, 0.2) is 12.0 Å². The van der Waals surface area contributed by atoms with Crippen LogP contribution in [0.2, 0.25) is 0 Å². The van der Waals surface area contributed by atoms with Crippen LogP contribution in [0, 0.1) is 0 Å². The zero-order chi connectivity index (χ0) is 16.4. The van der Waals surface area contributed by atoms with Crippen LogP contribution in [0.1, 0.15) is 37.9 Å². The number of nitrogens with zero attached hydrogens (tertiary/aromatic N) is 1. The topological polar surface area (TPSA) is 29.5 Å². The van der Waals surface area contributed by atoms with Crippen LogP contribution in [0.5, 0.6) is 0 Å². The van der Waals surface area contributed by atoms with Crippen LogP contribution in [0.3, 0.4) is 0 Å². The number of hydrogen-bond donors (Lipinski definition) is 0. The molecule has 0 fully saturated rings. The van der Waals surface area contributed by atoms with Gasteiger partial charge in [0.25, 0.3) is 0 Å². The van der Waals surface area contributed by atoms with E-state index in [9.17, 15) is 4.79 Å². The minimum absolute atomic E-state index is 0.205. The van der Waals surface area contributed by atoms with E-state index in [0.29, 0.717) is 11.3 Å². The Morgan fingerprint density at radius 1 is 0.957 bits per heavy atom. The predicted octanol–water partition coefficient (Wildman–Crippen LogP) is 4.38. The number of hydrogen-bond acceptors (Lipinski definition) is 3. The Morgan fingerprint density at radius 3 is 2.04 bits per heavy atom. The summed E-state index contributed by atoms with van der Waals surface area (Å²) >= 11 is 0. The first-order chi connectivity index (χ1) is 11.0. The molecule has 0 saturated carbocycles. The number of carbonyl (C=O) groups excluding carboxylic acids is 1. The molecule has 3 rings (SSSR count). The smallest absolute Gasteiger partial charge is 0.163 e. The van der Waals surface area contributed by atoms with Crippen LogP contribution < -0.4 is 0 Å². The maximum Gasteiger partial charge on any atom is 0.163 e. The van der Waals surface area contributed by atoms with Gasteiger partial charge in [0.1, 0.15) is 6.04 Å². The average molecular weight is 307 g/mol. The molecule has 0 bridgehead atoms. The van der Waals surface area contributed by atoms with E-state index in [1.165, 1.54) is 0 Å². The number of carbonyl (C=O) groups is 1. The van der Waals surface area contributed by atoms with Gasteiger partial charge in [0.2, 0.25) is 0 Å². The first-order valence-corrected chi connectivity index (χ1v) is 7.79. The van der Waals surface area contributed by atoms with Crippen molar-refractivity contribution in [2.75, 3.05) is 0 Å². The van der Waals surface area contributed by atoms with E-state index in [0.717, 1.165) is 17.4 Å². The van der Waals surface area contributed by atoms with Gasteiger partial charge in [-0.05, 0) is 26.3 Å². The molecule has 1 heterocycles. The summed E-state index contributed by atoms with van der Waals surface area (Å²) in [5.74, 6) is 0.643. The van der Waals surface area contributed by atoms with Gasteiger partial charge >= 0.3 is 0 Å². The summed E-state index contributed by atoms with van der Waals surface area (Å²) in [5.41, 5.74) is 2.39. The molecule has 0 radical (unpaired) electrons. The molecule has 0 saturated heterocycles. The third-order valence-corrected chi connectivity index (χ3v) is 3.92. The Hall–Kier alpha value is -2.39. The molecule has 118 valence electrons. The van der Waals surface area contributed by atoms with Crippen LogP contribution in [0.4, 0.5) is 0 Å². The summed E-state index contributed by atoms with van der Waals surface area (Å²) in [5, 5.41) is 1.91. The van der Waals surface area contributed by atoms with Crippen LogP contribution in [0.15, 0.2) is 66.2 Å². The van der Waals surface area contributed by atoms with Gasteiger partial charge in [-0.1, -0.05) is 60.7 Å². The summed E-state index contributed by atoms with van der Waals surface area (Å²) in [7, 11) is 0. The molecule has 3 heteroatoms. The second-order valence-electron chi connectivity index (χ2n) is 6.67. The Morgan fingerprint density at radius 2 is 1.52 bits per heavy atom. The van der Waals surface area contributed by atoms with Crippen molar-refractivity contribution in [2.24, 2.45) is 0 Å². The van der Waals surface area contributed by atoms with E-state index in [4.69, 9.17) is 4.84 Å². The minimum atomic E-state index is -0.245. The normalized spacial score (nSPS) is 18.8. The number of benzene rings is 2. The first-order valence-electron chi connectivity index (χ1n) is 7.79. The van der Waals surface area contributed by atoms with Crippen molar-refractivity contribution in [1.82, 2.24) is 5.06 Å². The van der Waals surface area contributed by atoms with Crippen molar-refractivity contribution in [2.45, 2.75) is 32.4 Å². The molecule has 0 unspecified atom stereocenters. The van der Waals surface area contributed by atoms with Gasteiger partial charge in [-0.15, -0.1) is 5.06 Å². The quantitative estimate of drug-likeness (QED) is 0.788. The largest absolute Gasteiger partial charge is 0.403 e. The third-order valence-electron chi connectivity index (χ3n) is 3.92. The highest BCUT2D eigenvalue weighted by atomic mass is 16.7. The standard InChI is InChI=1S/C20H21NO2/c1-20(2,3)21-18(15-10-6-4-7-11-15)17(14-22)19(23-21)16-12-8-5-9-13-16/h4-14,18H,1-3H3/t18-/m0/s1. The van der Waals surface area contributed by atoms with E-state index < -0.39 is 0 Å². The highest BCUT2D eigenvalue weighted by Gasteiger charge is 2.42. The van der Waals surface area contributed by atoms with Crippen LogP contribution >= 0.6 is 0 Å². The SMILES string of the molecule is CC(C)(C)N1OC(c2ccccc2)=C(C=O)[C@@H]1c1ccccc1. The number of rotatable bonds is 3. The van der Waals surface area contributed by atoms with E-state index in [1.807, 2.05) is 65.7 Å². The second-order valence-corrected chi connectivity index (χ2v) is 6.67. The molecule has 1 aliphatic heterocycles. The van der Waals surface area contributed by atoms with Crippen molar-refractivity contribution < 1.29 is 9.63 Å². The second kappa shape index (κ2) is 6.01. The Kier molecular flexibility index (Phi) is 4.05. The lowest BCUT2D eigenvalue weighted by atomic mass is 9.94. The molecular weight excluding hydrogens is 286 g/mol. The minimum Gasteiger partial charge on any atom is -0.403 e. The molecule has 1 aliphatic rings. The van der Waals surface area contributed by atoms with Crippen LogP contribution in [-0.4, -0.2) is 16.9 Å². The highest BCUT2D eigenvalue weighted by Crippen LogP contribution is 2.44. The molecule has 0 spiro atoms. The molecule has 2 aromatic rings. The first kappa shape index (κ1) is 15.5. The van der Waals surface area contributed by atoms with Crippen LogP contribution in [-0.2, 0) is 9.63 Å². The fourth-order valence-corrected chi connectivity index (χ4v) is 2.86. The van der Waals surface area contributed by atoms with Crippen molar-refractivity contribution in [1.29, 1.82) is 0 Å². The average Bonchev–Trinajstić information content (AvgIpc) is 2.96.